The van der Waals surface area contributed by atoms with Crippen molar-refractivity contribution in [2.45, 2.75) is 12.8 Å². The van der Waals surface area contributed by atoms with Crippen LogP contribution in [0.5, 0.6) is 11.5 Å². The SMILES string of the molecule is COc1c(F)cc(CCC#N)c(O)c1Cl. The molecule has 0 aliphatic carbocycles. The molecule has 0 radical (unpaired) electrons. The van der Waals surface area contributed by atoms with Crippen LogP contribution >= 0.6 is 11.6 Å². The second-order valence-corrected chi connectivity index (χ2v) is 3.25. The Morgan fingerprint density at radius 2 is 2.33 bits per heavy atom. The maximum Gasteiger partial charge on any atom is 0.176 e. The van der Waals surface area contributed by atoms with Crippen molar-refractivity contribution in [3.63, 3.8) is 0 Å². The summed E-state index contributed by atoms with van der Waals surface area (Å²) in [6, 6.07) is 3.03. The Morgan fingerprint density at radius 1 is 1.67 bits per heavy atom. The quantitative estimate of drug-likeness (QED) is 0.867. The van der Waals surface area contributed by atoms with Crippen molar-refractivity contribution in [3.05, 3.63) is 22.5 Å². The number of rotatable bonds is 3. The molecular weight excluding hydrogens is 221 g/mol. The first-order valence-corrected chi connectivity index (χ1v) is 4.60. The van der Waals surface area contributed by atoms with Gasteiger partial charge in [-0.25, -0.2) is 4.39 Å². The Bertz CT molecular complexity index is 415. The van der Waals surface area contributed by atoms with Crippen molar-refractivity contribution < 1.29 is 14.2 Å². The molecule has 5 heteroatoms. The highest BCUT2D eigenvalue weighted by atomic mass is 35.5. The number of benzene rings is 1. The molecule has 3 nitrogen and oxygen atoms in total. The first kappa shape index (κ1) is 11.6. The lowest BCUT2D eigenvalue weighted by Gasteiger charge is -2.09. The van der Waals surface area contributed by atoms with Crippen LogP contribution < -0.4 is 4.74 Å². The summed E-state index contributed by atoms with van der Waals surface area (Å²) in [5, 5.41) is 17.8. The lowest BCUT2D eigenvalue weighted by atomic mass is 10.1. The third kappa shape index (κ3) is 2.31. The number of phenols is 1. The Labute approximate surface area is 91.7 Å². The van der Waals surface area contributed by atoms with Crippen LogP contribution in [0, 0.1) is 17.1 Å². The predicted molar refractivity (Wildman–Crippen MR) is 53.6 cm³/mol. The summed E-state index contributed by atoms with van der Waals surface area (Å²) in [6.07, 6.45) is 0.443. The number of halogens is 2. The minimum atomic E-state index is -0.645. The van der Waals surface area contributed by atoms with Crippen molar-refractivity contribution in [1.82, 2.24) is 0 Å². The average molecular weight is 230 g/mol. The number of nitrogens with zero attached hydrogens (tertiary/aromatic N) is 1. The number of ether oxygens (including phenoxy) is 1. The van der Waals surface area contributed by atoms with Crippen LogP contribution in [-0.2, 0) is 6.42 Å². The monoisotopic (exact) mass is 229 g/mol. The van der Waals surface area contributed by atoms with E-state index >= 15 is 0 Å². The molecule has 0 amide bonds. The van der Waals surface area contributed by atoms with E-state index in [4.69, 9.17) is 16.9 Å². The Balaban J connectivity index is 3.17. The van der Waals surface area contributed by atoms with Crippen LogP contribution in [-0.4, -0.2) is 12.2 Å². The summed E-state index contributed by atoms with van der Waals surface area (Å²) in [6.45, 7) is 0. The minimum absolute atomic E-state index is 0.162. The molecule has 0 aliphatic rings. The Kier molecular flexibility index (Phi) is 3.75. The first-order valence-electron chi connectivity index (χ1n) is 4.22. The fourth-order valence-corrected chi connectivity index (χ4v) is 1.50. The summed E-state index contributed by atoms with van der Waals surface area (Å²) < 4.78 is 18.0. The topological polar surface area (TPSA) is 53.2 Å². The second kappa shape index (κ2) is 4.85. The molecule has 0 saturated carbocycles. The van der Waals surface area contributed by atoms with E-state index in [9.17, 15) is 9.50 Å². The third-order valence-corrected chi connectivity index (χ3v) is 2.29. The minimum Gasteiger partial charge on any atom is -0.506 e. The Morgan fingerprint density at radius 3 is 2.87 bits per heavy atom. The van der Waals surface area contributed by atoms with Crippen LogP contribution in [0.2, 0.25) is 5.02 Å². The van der Waals surface area contributed by atoms with Gasteiger partial charge in [0.25, 0.3) is 0 Å². The van der Waals surface area contributed by atoms with Gasteiger partial charge in [-0.1, -0.05) is 11.6 Å². The molecule has 15 heavy (non-hydrogen) atoms. The van der Waals surface area contributed by atoms with E-state index in [2.05, 4.69) is 4.74 Å². The van der Waals surface area contributed by atoms with E-state index in [-0.39, 0.29) is 29.4 Å². The van der Waals surface area contributed by atoms with E-state index in [1.807, 2.05) is 6.07 Å². The molecule has 1 aromatic carbocycles. The van der Waals surface area contributed by atoms with Gasteiger partial charge < -0.3 is 9.84 Å². The highest BCUT2D eigenvalue weighted by Crippen LogP contribution is 2.38. The van der Waals surface area contributed by atoms with E-state index in [1.165, 1.54) is 7.11 Å². The van der Waals surface area contributed by atoms with Crippen LogP contribution in [0.4, 0.5) is 4.39 Å². The highest BCUT2D eigenvalue weighted by molar-refractivity contribution is 6.33. The van der Waals surface area contributed by atoms with Crippen LogP contribution in [0.1, 0.15) is 12.0 Å². The van der Waals surface area contributed by atoms with Gasteiger partial charge >= 0.3 is 0 Å². The van der Waals surface area contributed by atoms with Gasteiger partial charge in [0.05, 0.1) is 13.2 Å². The molecule has 0 atom stereocenters. The molecule has 0 saturated heterocycles. The fourth-order valence-electron chi connectivity index (χ4n) is 1.21. The van der Waals surface area contributed by atoms with Crippen molar-refractivity contribution in [3.8, 4) is 17.6 Å². The number of methoxy groups -OCH3 is 1. The van der Waals surface area contributed by atoms with Gasteiger partial charge in [-0.2, -0.15) is 5.26 Å². The van der Waals surface area contributed by atoms with E-state index in [0.717, 1.165) is 6.07 Å². The lowest BCUT2D eigenvalue weighted by molar-refractivity contribution is 0.379. The number of hydrogen-bond donors (Lipinski definition) is 1. The van der Waals surface area contributed by atoms with Crippen LogP contribution in [0.25, 0.3) is 0 Å². The van der Waals surface area contributed by atoms with Crippen LogP contribution in [0.3, 0.4) is 0 Å². The van der Waals surface area contributed by atoms with Crippen molar-refractivity contribution in [2.24, 2.45) is 0 Å². The average Bonchev–Trinajstić information content (AvgIpc) is 2.22. The Hall–Kier alpha value is -1.47. The lowest BCUT2D eigenvalue weighted by Crippen LogP contribution is -1.94. The number of aryl methyl sites for hydroxylation is 1. The zero-order valence-corrected chi connectivity index (χ0v) is 8.81. The van der Waals surface area contributed by atoms with Gasteiger partial charge in [-0.05, 0) is 18.1 Å². The van der Waals surface area contributed by atoms with Crippen molar-refractivity contribution in [2.75, 3.05) is 7.11 Å². The summed E-state index contributed by atoms with van der Waals surface area (Å²) in [5.41, 5.74) is 0.305. The standard InChI is InChI=1S/C10H9ClFNO2/c1-15-10-7(12)5-6(3-2-4-13)9(14)8(10)11/h5,14H,2-3H2,1H3. The zero-order chi connectivity index (χ0) is 11.4. The molecule has 0 unspecified atom stereocenters. The van der Waals surface area contributed by atoms with Crippen LogP contribution in [0.15, 0.2) is 6.07 Å². The smallest absolute Gasteiger partial charge is 0.176 e. The highest BCUT2D eigenvalue weighted by Gasteiger charge is 2.16. The predicted octanol–water partition coefficient (Wildman–Crippen LogP) is 2.65. The maximum atomic E-state index is 13.3. The first-order chi connectivity index (χ1) is 7.11. The van der Waals surface area contributed by atoms with Gasteiger partial charge in [0.1, 0.15) is 10.8 Å². The van der Waals surface area contributed by atoms with Crippen molar-refractivity contribution in [1.29, 1.82) is 5.26 Å². The number of nitriles is 1. The molecule has 80 valence electrons. The summed E-state index contributed by atoms with van der Waals surface area (Å²) in [7, 11) is 1.26. The molecule has 1 aromatic rings. The number of phenolic OH excluding ortho intramolecular Hbond substituents is 1. The largest absolute Gasteiger partial charge is 0.506 e. The van der Waals surface area contributed by atoms with Gasteiger partial charge in [-0.15, -0.1) is 0 Å². The molecule has 0 bridgehead atoms. The fraction of sp³-hybridized carbons (Fsp3) is 0.300. The normalized spacial score (nSPS) is 9.73. The van der Waals surface area contributed by atoms with Crippen molar-refractivity contribution >= 4 is 11.6 Å². The maximum absolute atomic E-state index is 13.3. The molecule has 0 fully saturated rings. The zero-order valence-electron chi connectivity index (χ0n) is 8.05. The summed E-state index contributed by atoms with van der Waals surface area (Å²) in [5.74, 6) is -1.06. The molecular formula is C10H9ClFNO2. The van der Waals surface area contributed by atoms with Gasteiger partial charge in [0.2, 0.25) is 0 Å². The number of hydrogen-bond acceptors (Lipinski definition) is 3. The second-order valence-electron chi connectivity index (χ2n) is 2.87. The molecule has 1 rings (SSSR count). The molecule has 0 spiro atoms. The van der Waals surface area contributed by atoms with E-state index < -0.39 is 5.82 Å². The van der Waals surface area contributed by atoms with Gasteiger partial charge in [-0.3, -0.25) is 0 Å². The molecule has 1 N–H and O–H groups in total. The van der Waals surface area contributed by atoms with Gasteiger partial charge in [0, 0.05) is 6.42 Å². The van der Waals surface area contributed by atoms with Gasteiger partial charge in [0.15, 0.2) is 11.6 Å². The summed E-state index contributed by atoms with van der Waals surface area (Å²) >= 11 is 5.68. The summed E-state index contributed by atoms with van der Waals surface area (Å²) in [4.78, 5) is 0. The molecule has 0 aromatic heterocycles. The third-order valence-electron chi connectivity index (χ3n) is 1.94. The van der Waals surface area contributed by atoms with E-state index in [1.54, 1.807) is 0 Å². The molecule has 0 aliphatic heterocycles. The number of aromatic hydroxyl groups is 1. The molecule has 0 heterocycles. The van der Waals surface area contributed by atoms with E-state index in [0.29, 0.717) is 5.56 Å².